The number of anilines is 1. The molecular weight excluding hydrogens is 292 g/mol. The van der Waals surface area contributed by atoms with E-state index in [-0.39, 0.29) is 5.41 Å². The largest absolute Gasteiger partial charge is 0.441 e. The molecule has 0 aliphatic heterocycles. The maximum absolute atomic E-state index is 5.95. The number of benzene rings is 1. The van der Waals surface area contributed by atoms with Crippen molar-refractivity contribution < 1.29 is 4.42 Å². The third-order valence-electron chi connectivity index (χ3n) is 2.89. The van der Waals surface area contributed by atoms with E-state index in [0.29, 0.717) is 5.89 Å². The second-order valence-electron chi connectivity index (χ2n) is 5.45. The normalized spacial score (nSPS) is 11.8. The van der Waals surface area contributed by atoms with Crippen LogP contribution in [0.25, 0.3) is 11.5 Å². The zero-order chi connectivity index (χ0) is 13.5. The van der Waals surface area contributed by atoms with E-state index in [1.807, 2.05) is 19.1 Å². The highest BCUT2D eigenvalue weighted by Gasteiger charge is 2.20. The van der Waals surface area contributed by atoms with Crippen molar-refractivity contribution >= 4 is 21.6 Å². The molecule has 2 aromatic rings. The molecule has 1 heterocycles. The Bertz CT molecular complexity index is 582. The number of nitrogen functional groups attached to an aromatic ring is 1. The minimum atomic E-state index is -0.0449. The standard InChI is InChI=1S/C14H17BrN2O/c1-8-10(5-9(15)6-11(8)16)13-17-7-12(18-13)14(2,3)4/h5-7H,16H2,1-4H3. The van der Waals surface area contributed by atoms with E-state index in [0.717, 1.165) is 27.0 Å². The van der Waals surface area contributed by atoms with Crippen molar-refractivity contribution in [3.63, 3.8) is 0 Å². The monoisotopic (exact) mass is 308 g/mol. The van der Waals surface area contributed by atoms with Crippen molar-refractivity contribution in [2.75, 3.05) is 5.73 Å². The van der Waals surface area contributed by atoms with Crippen LogP contribution in [0.4, 0.5) is 5.69 Å². The molecule has 1 aromatic carbocycles. The van der Waals surface area contributed by atoms with Crippen molar-refractivity contribution in [3.05, 3.63) is 34.1 Å². The summed E-state index contributed by atoms with van der Waals surface area (Å²) in [5, 5.41) is 0. The summed E-state index contributed by atoms with van der Waals surface area (Å²) in [6.45, 7) is 8.26. The molecule has 0 bridgehead atoms. The second-order valence-corrected chi connectivity index (χ2v) is 6.36. The molecule has 3 nitrogen and oxygen atoms in total. The van der Waals surface area contributed by atoms with Crippen LogP contribution >= 0.6 is 15.9 Å². The SMILES string of the molecule is Cc1c(N)cc(Br)cc1-c1ncc(C(C)(C)C)o1. The first kappa shape index (κ1) is 13.1. The zero-order valence-electron chi connectivity index (χ0n) is 11.0. The van der Waals surface area contributed by atoms with Crippen molar-refractivity contribution in [2.45, 2.75) is 33.1 Å². The fraction of sp³-hybridized carbons (Fsp3) is 0.357. The molecule has 18 heavy (non-hydrogen) atoms. The number of halogens is 1. The van der Waals surface area contributed by atoms with Gasteiger partial charge in [-0.1, -0.05) is 36.7 Å². The first-order valence-corrected chi connectivity index (χ1v) is 6.60. The molecule has 2 rings (SSSR count). The average Bonchev–Trinajstić information content (AvgIpc) is 2.71. The van der Waals surface area contributed by atoms with Crippen LogP contribution in [0.2, 0.25) is 0 Å². The number of aromatic nitrogens is 1. The highest BCUT2D eigenvalue weighted by Crippen LogP contribution is 2.33. The molecule has 0 saturated carbocycles. The Balaban J connectivity index is 2.53. The summed E-state index contributed by atoms with van der Waals surface area (Å²) >= 11 is 3.44. The zero-order valence-corrected chi connectivity index (χ0v) is 12.6. The first-order chi connectivity index (χ1) is 8.29. The molecule has 0 spiro atoms. The lowest BCUT2D eigenvalue weighted by Crippen LogP contribution is -2.09. The molecule has 0 aliphatic carbocycles. The molecule has 0 aliphatic rings. The Hall–Kier alpha value is -1.29. The molecule has 0 fully saturated rings. The molecule has 0 unspecified atom stereocenters. The first-order valence-electron chi connectivity index (χ1n) is 5.81. The molecule has 0 atom stereocenters. The average molecular weight is 309 g/mol. The fourth-order valence-corrected chi connectivity index (χ4v) is 2.14. The highest BCUT2D eigenvalue weighted by atomic mass is 79.9. The van der Waals surface area contributed by atoms with E-state index in [1.54, 1.807) is 6.20 Å². The van der Waals surface area contributed by atoms with Gasteiger partial charge in [0.05, 0.1) is 6.20 Å². The molecule has 0 radical (unpaired) electrons. The van der Waals surface area contributed by atoms with Gasteiger partial charge in [0.15, 0.2) is 0 Å². The van der Waals surface area contributed by atoms with Gasteiger partial charge in [0.2, 0.25) is 5.89 Å². The van der Waals surface area contributed by atoms with Gasteiger partial charge >= 0.3 is 0 Å². The number of nitrogens with zero attached hydrogens (tertiary/aromatic N) is 1. The Morgan fingerprint density at radius 2 is 1.94 bits per heavy atom. The van der Waals surface area contributed by atoms with Gasteiger partial charge in [-0.2, -0.15) is 0 Å². The summed E-state index contributed by atoms with van der Waals surface area (Å²) < 4.78 is 6.76. The lowest BCUT2D eigenvalue weighted by molar-refractivity contribution is 0.415. The van der Waals surface area contributed by atoms with Gasteiger partial charge in [-0.15, -0.1) is 0 Å². The van der Waals surface area contributed by atoms with Crippen LogP contribution in [0.5, 0.6) is 0 Å². The summed E-state index contributed by atoms with van der Waals surface area (Å²) in [6, 6.07) is 3.86. The number of rotatable bonds is 1. The van der Waals surface area contributed by atoms with Gasteiger partial charge in [0.25, 0.3) is 0 Å². The molecule has 1 aromatic heterocycles. The van der Waals surface area contributed by atoms with E-state index in [9.17, 15) is 0 Å². The molecule has 0 amide bonds. The maximum Gasteiger partial charge on any atom is 0.226 e. The summed E-state index contributed by atoms with van der Waals surface area (Å²) in [5.74, 6) is 1.49. The van der Waals surface area contributed by atoms with E-state index < -0.39 is 0 Å². The number of hydrogen-bond acceptors (Lipinski definition) is 3. The summed E-state index contributed by atoms with van der Waals surface area (Å²) in [5.41, 5.74) is 8.55. The smallest absolute Gasteiger partial charge is 0.226 e. The third kappa shape index (κ3) is 2.43. The van der Waals surface area contributed by atoms with Gasteiger partial charge in [-0.3, -0.25) is 0 Å². The van der Waals surface area contributed by atoms with Gasteiger partial charge < -0.3 is 10.2 Å². The molecular formula is C14H17BrN2O. The van der Waals surface area contributed by atoms with Crippen molar-refractivity contribution in [1.29, 1.82) is 0 Å². The van der Waals surface area contributed by atoms with Crippen LogP contribution in [0.1, 0.15) is 32.1 Å². The number of hydrogen-bond donors (Lipinski definition) is 1. The van der Waals surface area contributed by atoms with Crippen LogP contribution in [0.15, 0.2) is 27.2 Å². The summed E-state index contributed by atoms with van der Waals surface area (Å²) in [4.78, 5) is 4.35. The Morgan fingerprint density at radius 1 is 1.28 bits per heavy atom. The lowest BCUT2D eigenvalue weighted by atomic mass is 9.94. The van der Waals surface area contributed by atoms with Crippen molar-refractivity contribution in [1.82, 2.24) is 4.98 Å². The van der Waals surface area contributed by atoms with Crippen LogP contribution in [-0.4, -0.2) is 4.98 Å². The van der Waals surface area contributed by atoms with E-state index in [1.165, 1.54) is 0 Å². The molecule has 0 saturated heterocycles. The third-order valence-corrected chi connectivity index (χ3v) is 3.35. The van der Waals surface area contributed by atoms with Gasteiger partial charge in [0.1, 0.15) is 5.76 Å². The maximum atomic E-state index is 5.95. The van der Waals surface area contributed by atoms with Crippen molar-refractivity contribution in [2.24, 2.45) is 0 Å². The quantitative estimate of drug-likeness (QED) is 0.799. The van der Waals surface area contributed by atoms with Gasteiger partial charge in [-0.05, 0) is 24.6 Å². The van der Waals surface area contributed by atoms with E-state index in [4.69, 9.17) is 10.2 Å². The summed E-state index contributed by atoms with van der Waals surface area (Å²) in [6.07, 6.45) is 1.78. The predicted octanol–water partition coefficient (Wildman–Crippen LogP) is 4.29. The van der Waals surface area contributed by atoms with Crippen LogP contribution in [0.3, 0.4) is 0 Å². The minimum Gasteiger partial charge on any atom is -0.441 e. The highest BCUT2D eigenvalue weighted by molar-refractivity contribution is 9.10. The number of nitrogens with two attached hydrogens (primary N) is 1. The second kappa shape index (κ2) is 4.43. The topological polar surface area (TPSA) is 52.0 Å². The minimum absolute atomic E-state index is 0.0449. The van der Waals surface area contributed by atoms with Crippen LogP contribution in [0, 0.1) is 6.92 Å². The summed E-state index contributed by atoms with van der Waals surface area (Å²) in [7, 11) is 0. The molecule has 96 valence electrons. The molecule has 4 heteroatoms. The number of oxazole rings is 1. The Morgan fingerprint density at radius 3 is 2.50 bits per heavy atom. The Kier molecular flexibility index (Phi) is 3.23. The fourth-order valence-electron chi connectivity index (χ4n) is 1.67. The Labute approximate surface area is 116 Å². The van der Waals surface area contributed by atoms with Crippen LogP contribution in [-0.2, 0) is 5.41 Å². The molecule has 2 N–H and O–H groups in total. The van der Waals surface area contributed by atoms with E-state index >= 15 is 0 Å². The van der Waals surface area contributed by atoms with Crippen molar-refractivity contribution in [3.8, 4) is 11.5 Å². The van der Waals surface area contributed by atoms with Crippen LogP contribution < -0.4 is 5.73 Å². The van der Waals surface area contributed by atoms with Gasteiger partial charge in [-0.25, -0.2) is 4.98 Å². The predicted molar refractivity (Wildman–Crippen MR) is 77.5 cm³/mol. The van der Waals surface area contributed by atoms with Gasteiger partial charge in [0, 0.05) is 21.1 Å². The van der Waals surface area contributed by atoms with E-state index in [2.05, 4.69) is 41.7 Å². The lowest BCUT2D eigenvalue weighted by Gasteiger charge is -2.13.